The molecule has 0 fully saturated rings. The van der Waals surface area contributed by atoms with Crippen LogP contribution >= 0.6 is 34.5 Å². The van der Waals surface area contributed by atoms with Gasteiger partial charge in [0, 0.05) is 16.9 Å². The zero-order chi connectivity index (χ0) is 12.3. The third-order valence-electron chi connectivity index (χ3n) is 2.43. The number of hydrogen-bond acceptors (Lipinski definition) is 2. The standard InChI is InChI=1S/C13H10Cl2OS/c14-11-5-1-4-10(13(11)15)12(16)7-6-9-3-2-8-17-9/h1-5,8H,6-7H2. The maximum Gasteiger partial charge on any atom is 0.164 e. The molecule has 0 saturated heterocycles. The zero-order valence-corrected chi connectivity index (χ0v) is 11.3. The third kappa shape index (κ3) is 3.09. The van der Waals surface area contributed by atoms with Crippen molar-refractivity contribution in [2.24, 2.45) is 0 Å². The van der Waals surface area contributed by atoms with E-state index in [0.29, 0.717) is 22.0 Å². The van der Waals surface area contributed by atoms with E-state index in [2.05, 4.69) is 0 Å². The third-order valence-corrected chi connectivity index (χ3v) is 4.19. The first kappa shape index (κ1) is 12.6. The lowest BCUT2D eigenvalue weighted by Gasteiger charge is -2.04. The van der Waals surface area contributed by atoms with Crippen LogP contribution in [0.25, 0.3) is 0 Å². The minimum absolute atomic E-state index is 0.0332. The average molecular weight is 285 g/mol. The number of aryl methyl sites for hydroxylation is 1. The molecule has 2 rings (SSSR count). The maximum atomic E-state index is 12.0. The summed E-state index contributed by atoms with van der Waals surface area (Å²) in [6.07, 6.45) is 1.21. The molecule has 0 spiro atoms. The molecule has 0 amide bonds. The Balaban J connectivity index is 2.07. The molecule has 0 radical (unpaired) electrons. The molecule has 0 aliphatic carbocycles. The average Bonchev–Trinajstić information content (AvgIpc) is 2.82. The summed E-state index contributed by atoms with van der Waals surface area (Å²) in [6.45, 7) is 0. The second-order valence-corrected chi connectivity index (χ2v) is 5.42. The molecule has 2 aromatic rings. The van der Waals surface area contributed by atoms with Gasteiger partial charge < -0.3 is 0 Å². The van der Waals surface area contributed by atoms with Gasteiger partial charge >= 0.3 is 0 Å². The molecular weight excluding hydrogens is 275 g/mol. The van der Waals surface area contributed by atoms with Gasteiger partial charge in [-0.25, -0.2) is 0 Å². The predicted molar refractivity (Wildman–Crippen MR) is 73.4 cm³/mol. The quantitative estimate of drug-likeness (QED) is 0.732. The smallest absolute Gasteiger partial charge is 0.164 e. The molecule has 0 N–H and O–H groups in total. The number of benzene rings is 1. The van der Waals surface area contributed by atoms with Crippen LogP contribution in [-0.4, -0.2) is 5.78 Å². The van der Waals surface area contributed by atoms with Gasteiger partial charge in [-0.2, -0.15) is 0 Å². The number of thiophene rings is 1. The first-order chi connectivity index (χ1) is 8.18. The van der Waals surface area contributed by atoms with Crippen LogP contribution in [0.15, 0.2) is 35.7 Å². The predicted octanol–water partition coefficient (Wildman–Crippen LogP) is 4.87. The summed E-state index contributed by atoms with van der Waals surface area (Å²) in [5, 5.41) is 2.78. The number of rotatable bonds is 4. The van der Waals surface area contributed by atoms with Crippen molar-refractivity contribution in [2.75, 3.05) is 0 Å². The zero-order valence-electron chi connectivity index (χ0n) is 8.95. The summed E-state index contributed by atoms with van der Waals surface area (Å²) in [4.78, 5) is 13.2. The van der Waals surface area contributed by atoms with Crippen LogP contribution in [0.5, 0.6) is 0 Å². The van der Waals surface area contributed by atoms with Crippen molar-refractivity contribution in [1.29, 1.82) is 0 Å². The monoisotopic (exact) mass is 284 g/mol. The van der Waals surface area contributed by atoms with Crippen LogP contribution in [0.4, 0.5) is 0 Å². The SMILES string of the molecule is O=C(CCc1cccs1)c1cccc(Cl)c1Cl. The molecule has 0 unspecified atom stereocenters. The first-order valence-electron chi connectivity index (χ1n) is 5.18. The normalized spacial score (nSPS) is 10.5. The van der Waals surface area contributed by atoms with Crippen LogP contribution in [0.3, 0.4) is 0 Å². The number of ketones is 1. The molecule has 0 aliphatic rings. The Bertz CT molecular complexity index is 520. The van der Waals surface area contributed by atoms with E-state index in [9.17, 15) is 4.79 Å². The Labute approximate surface area is 114 Å². The lowest BCUT2D eigenvalue weighted by atomic mass is 10.1. The van der Waals surface area contributed by atoms with Gasteiger partial charge in [-0.15, -0.1) is 11.3 Å². The van der Waals surface area contributed by atoms with Crippen molar-refractivity contribution in [3.63, 3.8) is 0 Å². The van der Waals surface area contributed by atoms with Gasteiger partial charge in [0.2, 0.25) is 0 Å². The fraction of sp³-hybridized carbons (Fsp3) is 0.154. The Hall–Kier alpha value is -0.830. The van der Waals surface area contributed by atoms with E-state index in [1.807, 2.05) is 17.5 Å². The van der Waals surface area contributed by atoms with Crippen LogP contribution < -0.4 is 0 Å². The Morgan fingerprint density at radius 1 is 1.18 bits per heavy atom. The largest absolute Gasteiger partial charge is 0.294 e. The number of halogens is 2. The molecule has 0 aliphatic heterocycles. The van der Waals surface area contributed by atoms with Gasteiger partial charge in [-0.05, 0) is 30.0 Å². The summed E-state index contributed by atoms with van der Waals surface area (Å²) >= 11 is 13.5. The fourth-order valence-corrected chi connectivity index (χ4v) is 2.66. The Morgan fingerprint density at radius 2 is 2.00 bits per heavy atom. The highest BCUT2D eigenvalue weighted by atomic mass is 35.5. The van der Waals surface area contributed by atoms with Crippen molar-refractivity contribution in [3.8, 4) is 0 Å². The van der Waals surface area contributed by atoms with Crippen molar-refractivity contribution in [2.45, 2.75) is 12.8 Å². The van der Waals surface area contributed by atoms with E-state index in [4.69, 9.17) is 23.2 Å². The highest BCUT2D eigenvalue weighted by Crippen LogP contribution is 2.26. The molecule has 0 atom stereocenters. The molecule has 88 valence electrons. The Kier molecular flexibility index (Phi) is 4.21. The van der Waals surface area contributed by atoms with Crippen molar-refractivity contribution in [1.82, 2.24) is 0 Å². The second kappa shape index (κ2) is 5.67. The van der Waals surface area contributed by atoms with Gasteiger partial charge in [-0.3, -0.25) is 4.79 Å². The van der Waals surface area contributed by atoms with E-state index >= 15 is 0 Å². The van der Waals surface area contributed by atoms with Gasteiger partial charge in [0.05, 0.1) is 10.0 Å². The van der Waals surface area contributed by atoms with Crippen molar-refractivity contribution >= 4 is 40.3 Å². The minimum Gasteiger partial charge on any atom is -0.294 e. The molecule has 1 aromatic carbocycles. The topological polar surface area (TPSA) is 17.1 Å². The lowest BCUT2D eigenvalue weighted by Crippen LogP contribution is -2.01. The fourth-order valence-electron chi connectivity index (χ4n) is 1.55. The molecule has 1 aromatic heterocycles. The Morgan fingerprint density at radius 3 is 2.71 bits per heavy atom. The van der Waals surface area contributed by atoms with Crippen LogP contribution in [0, 0.1) is 0 Å². The van der Waals surface area contributed by atoms with Crippen LogP contribution in [0.1, 0.15) is 21.7 Å². The summed E-state index contributed by atoms with van der Waals surface area (Å²) < 4.78 is 0. The summed E-state index contributed by atoms with van der Waals surface area (Å²) in [5.74, 6) is 0.0332. The summed E-state index contributed by atoms with van der Waals surface area (Å²) in [6, 6.07) is 9.14. The van der Waals surface area contributed by atoms with E-state index in [1.165, 1.54) is 4.88 Å². The molecule has 4 heteroatoms. The number of carbonyl (C=O) groups is 1. The van der Waals surface area contributed by atoms with Crippen LogP contribution in [0.2, 0.25) is 10.0 Å². The van der Waals surface area contributed by atoms with Gasteiger partial charge in [-0.1, -0.05) is 35.3 Å². The van der Waals surface area contributed by atoms with Gasteiger partial charge in [0.25, 0.3) is 0 Å². The highest BCUT2D eigenvalue weighted by Gasteiger charge is 2.12. The van der Waals surface area contributed by atoms with E-state index in [1.54, 1.807) is 29.5 Å². The number of Topliss-reactive ketones (excluding diaryl/α,β-unsaturated/α-hetero) is 1. The maximum absolute atomic E-state index is 12.0. The molecule has 17 heavy (non-hydrogen) atoms. The lowest BCUT2D eigenvalue weighted by molar-refractivity contribution is 0.0983. The van der Waals surface area contributed by atoms with Crippen molar-refractivity contribution in [3.05, 3.63) is 56.2 Å². The van der Waals surface area contributed by atoms with Crippen LogP contribution in [-0.2, 0) is 6.42 Å². The molecule has 1 nitrogen and oxygen atoms in total. The van der Waals surface area contributed by atoms with Gasteiger partial charge in [0.1, 0.15) is 0 Å². The van der Waals surface area contributed by atoms with E-state index in [-0.39, 0.29) is 5.78 Å². The van der Waals surface area contributed by atoms with E-state index in [0.717, 1.165) is 6.42 Å². The molecule has 1 heterocycles. The second-order valence-electron chi connectivity index (χ2n) is 3.60. The number of carbonyl (C=O) groups excluding carboxylic acids is 1. The molecule has 0 saturated carbocycles. The first-order valence-corrected chi connectivity index (χ1v) is 6.81. The van der Waals surface area contributed by atoms with E-state index < -0.39 is 0 Å². The number of hydrogen-bond donors (Lipinski definition) is 0. The highest BCUT2D eigenvalue weighted by molar-refractivity contribution is 7.09. The molecular formula is C13H10Cl2OS. The van der Waals surface area contributed by atoms with Gasteiger partial charge in [0.15, 0.2) is 5.78 Å². The minimum atomic E-state index is 0.0332. The van der Waals surface area contributed by atoms with Crippen molar-refractivity contribution < 1.29 is 4.79 Å². The summed E-state index contributed by atoms with van der Waals surface area (Å²) in [7, 11) is 0. The molecule has 0 bridgehead atoms. The summed E-state index contributed by atoms with van der Waals surface area (Å²) in [5.41, 5.74) is 0.510.